The van der Waals surface area contributed by atoms with E-state index in [1.165, 1.54) is 32.1 Å². The second-order valence-corrected chi connectivity index (χ2v) is 7.51. The fourth-order valence-corrected chi connectivity index (χ4v) is 4.17. The molecular formula is C17H29NO3. The van der Waals surface area contributed by atoms with Crippen LogP contribution in [0, 0.1) is 17.8 Å². The lowest BCUT2D eigenvalue weighted by Gasteiger charge is -2.41. The highest BCUT2D eigenvalue weighted by Gasteiger charge is 2.39. The first-order valence-electron chi connectivity index (χ1n) is 8.43. The van der Waals surface area contributed by atoms with Crippen LogP contribution in [0.1, 0.15) is 71.6 Å². The van der Waals surface area contributed by atoms with Crippen LogP contribution in [0.2, 0.25) is 0 Å². The lowest BCUT2D eigenvalue weighted by atomic mass is 9.65. The molecule has 0 radical (unpaired) electrons. The second-order valence-electron chi connectivity index (χ2n) is 7.51. The first-order chi connectivity index (χ1) is 9.89. The third kappa shape index (κ3) is 4.45. The van der Waals surface area contributed by atoms with Gasteiger partial charge in [-0.1, -0.05) is 32.1 Å². The number of carbonyl (C=O) groups is 2. The summed E-state index contributed by atoms with van der Waals surface area (Å²) in [6, 6.07) is 0. The zero-order chi connectivity index (χ0) is 15.5. The van der Waals surface area contributed by atoms with Crippen LogP contribution in [0.15, 0.2) is 0 Å². The Morgan fingerprint density at radius 3 is 2.48 bits per heavy atom. The van der Waals surface area contributed by atoms with Crippen LogP contribution in [0.3, 0.4) is 0 Å². The van der Waals surface area contributed by atoms with E-state index in [1.54, 1.807) is 0 Å². The Hall–Kier alpha value is -1.06. The Morgan fingerprint density at radius 1 is 1.10 bits per heavy atom. The molecule has 0 spiro atoms. The van der Waals surface area contributed by atoms with E-state index in [9.17, 15) is 9.59 Å². The van der Waals surface area contributed by atoms with Gasteiger partial charge in [0.25, 0.3) is 0 Å². The number of rotatable bonds is 5. The van der Waals surface area contributed by atoms with Crippen LogP contribution in [-0.4, -0.2) is 22.5 Å². The predicted octanol–water partition coefficient (Wildman–Crippen LogP) is 3.35. The first kappa shape index (κ1) is 16.3. The molecule has 4 nitrogen and oxygen atoms in total. The number of hydrogen-bond acceptors (Lipinski definition) is 2. The molecule has 2 aliphatic rings. The highest BCUT2D eigenvalue weighted by molar-refractivity contribution is 5.80. The van der Waals surface area contributed by atoms with Gasteiger partial charge in [0.05, 0.1) is 0 Å². The molecule has 0 aromatic rings. The highest BCUT2D eigenvalue weighted by Crippen LogP contribution is 2.44. The van der Waals surface area contributed by atoms with Crippen molar-refractivity contribution in [1.82, 2.24) is 5.32 Å². The van der Waals surface area contributed by atoms with Gasteiger partial charge >= 0.3 is 5.97 Å². The fourth-order valence-electron chi connectivity index (χ4n) is 4.17. The van der Waals surface area contributed by atoms with E-state index >= 15 is 0 Å². The van der Waals surface area contributed by atoms with E-state index in [2.05, 4.69) is 5.32 Å². The highest BCUT2D eigenvalue weighted by atomic mass is 16.4. The predicted molar refractivity (Wildman–Crippen MR) is 81.9 cm³/mol. The van der Waals surface area contributed by atoms with Gasteiger partial charge in [-0.15, -0.1) is 0 Å². The summed E-state index contributed by atoms with van der Waals surface area (Å²) in [5.74, 6) is 0.797. The average molecular weight is 295 g/mol. The van der Waals surface area contributed by atoms with E-state index in [0.717, 1.165) is 18.8 Å². The number of fused-ring (bicyclic) bond motifs is 1. The largest absolute Gasteiger partial charge is 0.481 e. The van der Waals surface area contributed by atoms with Crippen LogP contribution in [0.25, 0.3) is 0 Å². The Balaban J connectivity index is 1.93. The molecule has 2 N–H and O–H groups in total. The van der Waals surface area contributed by atoms with Crippen molar-refractivity contribution in [2.75, 3.05) is 0 Å². The zero-order valence-electron chi connectivity index (χ0n) is 13.4. The maximum Gasteiger partial charge on any atom is 0.303 e. The van der Waals surface area contributed by atoms with Crippen molar-refractivity contribution in [3.63, 3.8) is 0 Å². The minimum absolute atomic E-state index is 0.101. The molecule has 3 atom stereocenters. The lowest BCUT2D eigenvalue weighted by Crippen LogP contribution is -2.49. The van der Waals surface area contributed by atoms with Gasteiger partial charge in [0, 0.05) is 17.9 Å². The molecule has 0 aromatic carbocycles. The van der Waals surface area contributed by atoms with Crippen LogP contribution < -0.4 is 5.32 Å². The van der Waals surface area contributed by atoms with E-state index in [1.807, 2.05) is 13.8 Å². The molecule has 21 heavy (non-hydrogen) atoms. The van der Waals surface area contributed by atoms with Gasteiger partial charge in [0.1, 0.15) is 0 Å². The van der Waals surface area contributed by atoms with Crippen molar-refractivity contribution in [2.45, 2.75) is 77.2 Å². The minimum Gasteiger partial charge on any atom is -0.481 e. The minimum atomic E-state index is -0.803. The zero-order valence-corrected chi connectivity index (χ0v) is 13.4. The number of aliphatic carboxylic acids is 1. The molecule has 3 unspecified atom stereocenters. The van der Waals surface area contributed by atoms with Gasteiger partial charge in [-0.3, -0.25) is 9.59 Å². The summed E-state index contributed by atoms with van der Waals surface area (Å²) >= 11 is 0. The van der Waals surface area contributed by atoms with Crippen molar-refractivity contribution < 1.29 is 14.7 Å². The SMILES string of the molecule is CC(C)(CCC(=O)O)NC(=O)C1CCCC2CCCCC21. The molecular weight excluding hydrogens is 266 g/mol. The van der Waals surface area contributed by atoms with Gasteiger partial charge in [-0.25, -0.2) is 0 Å². The maximum absolute atomic E-state index is 12.7. The van der Waals surface area contributed by atoms with Gasteiger partial charge in [-0.2, -0.15) is 0 Å². The standard InChI is InChI=1S/C17H29NO3/c1-17(2,11-10-15(19)20)18-16(21)14-9-5-7-12-6-3-4-8-13(12)14/h12-14H,3-11H2,1-2H3,(H,18,21)(H,19,20). The van der Waals surface area contributed by atoms with Gasteiger partial charge in [0.15, 0.2) is 0 Å². The molecule has 120 valence electrons. The van der Waals surface area contributed by atoms with E-state index < -0.39 is 11.5 Å². The topological polar surface area (TPSA) is 66.4 Å². The number of nitrogens with one attached hydrogen (secondary N) is 1. The van der Waals surface area contributed by atoms with Crippen LogP contribution >= 0.6 is 0 Å². The molecule has 2 aliphatic carbocycles. The maximum atomic E-state index is 12.7. The molecule has 2 fully saturated rings. The smallest absolute Gasteiger partial charge is 0.303 e. The third-order valence-electron chi connectivity index (χ3n) is 5.34. The van der Waals surface area contributed by atoms with Crippen LogP contribution in [0.5, 0.6) is 0 Å². The van der Waals surface area contributed by atoms with E-state index in [0.29, 0.717) is 12.3 Å². The molecule has 0 bridgehead atoms. The van der Waals surface area contributed by atoms with Crippen molar-refractivity contribution in [3.8, 4) is 0 Å². The number of amides is 1. The summed E-state index contributed by atoms with van der Waals surface area (Å²) < 4.78 is 0. The summed E-state index contributed by atoms with van der Waals surface area (Å²) in [5, 5.41) is 11.9. The second kappa shape index (κ2) is 6.80. The van der Waals surface area contributed by atoms with Crippen molar-refractivity contribution >= 4 is 11.9 Å². The molecule has 0 aromatic heterocycles. The quantitative estimate of drug-likeness (QED) is 0.817. The van der Waals surface area contributed by atoms with Gasteiger partial charge in [0.2, 0.25) is 5.91 Å². The molecule has 4 heteroatoms. The molecule has 0 saturated heterocycles. The van der Waals surface area contributed by atoms with E-state index in [-0.39, 0.29) is 18.2 Å². The number of carboxylic acid groups (broad SMARTS) is 1. The fraction of sp³-hybridized carbons (Fsp3) is 0.882. The summed E-state index contributed by atoms with van der Waals surface area (Å²) in [6.45, 7) is 3.85. The number of carboxylic acids is 1. The molecule has 2 rings (SSSR count). The molecule has 2 saturated carbocycles. The Bertz CT molecular complexity index is 389. The Kier molecular flexibility index (Phi) is 5.28. The summed E-state index contributed by atoms with van der Waals surface area (Å²) in [5.41, 5.74) is -0.433. The van der Waals surface area contributed by atoms with E-state index in [4.69, 9.17) is 5.11 Å². The van der Waals surface area contributed by atoms with Gasteiger partial charge < -0.3 is 10.4 Å². The normalized spacial score (nSPS) is 29.5. The molecule has 0 heterocycles. The van der Waals surface area contributed by atoms with Crippen molar-refractivity contribution in [2.24, 2.45) is 17.8 Å². The number of hydrogen-bond donors (Lipinski definition) is 2. The molecule has 1 amide bonds. The monoisotopic (exact) mass is 295 g/mol. The van der Waals surface area contributed by atoms with Crippen LogP contribution in [0.4, 0.5) is 0 Å². The number of carbonyl (C=O) groups excluding carboxylic acids is 1. The third-order valence-corrected chi connectivity index (χ3v) is 5.34. The summed E-state index contributed by atoms with van der Waals surface area (Å²) in [6.07, 6.45) is 9.09. The first-order valence-corrected chi connectivity index (χ1v) is 8.43. The van der Waals surface area contributed by atoms with Crippen molar-refractivity contribution in [1.29, 1.82) is 0 Å². The molecule has 0 aliphatic heterocycles. The van der Waals surface area contributed by atoms with Crippen molar-refractivity contribution in [3.05, 3.63) is 0 Å². The Labute approximate surface area is 127 Å². The Morgan fingerprint density at radius 2 is 1.76 bits per heavy atom. The summed E-state index contributed by atoms with van der Waals surface area (Å²) in [4.78, 5) is 23.4. The average Bonchev–Trinajstić information content (AvgIpc) is 2.44. The van der Waals surface area contributed by atoms with Gasteiger partial charge in [-0.05, 0) is 44.9 Å². The van der Waals surface area contributed by atoms with Crippen LogP contribution in [-0.2, 0) is 9.59 Å². The summed E-state index contributed by atoms with van der Waals surface area (Å²) in [7, 11) is 0. The lowest BCUT2D eigenvalue weighted by molar-refractivity contribution is -0.138.